The standard InChI is InChI=1S/C12H15N3O4/c13-6-2-1-3-7-9(6)14-5-15(7)12-11(18)10(17)8(4-16)19-12/h1-3,5,8,10-12,16-18H,4,13H2/t8-,10-,11+,12-/m1/s1. The van der Waals surface area contributed by atoms with Crippen LogP contribution in [0.5, 0.6) is 0 Å². The molecule has 19 heavy (non-hydrogen) atoms. The summed E-state index contributed by atoms with van der Waals surface area (Å²) >= 11 is 0. The number of aliphatic hydroxyl groups is 3. The quantitative estimate of drug-likeness (QED) is 0.530. The highest BCUT2D eigenvalue weighted by molar-refractivity contribution is 5.87. The highest BCUT2D eigenvalue weighted by Crippen LogP contribution is 2.32. The van der Waals surface area contributed by atoms with Crippen LogP contribution in [0.25, 0.3) is 11.0 Å². The molecule has 5 N–H and O–H groups in total. The van der Waals surface area contributed by atoms with Gasteiger partial charge in [0.15, 0.2) is 6.23 Å². The molecule has 0 saturated carbocycles. The number of anilines is 1. The zero-order valence-electron chi connectivity index (χ0n) is 10.0. The first-order valence-corrected chi connectivity index (χ1v) is 5.97. The fourth-order valence-electron chi connectivity index (χ4n) is 2.39. The Labute approximate surface area is 108 Å². The number of nitrogens with zero attached hydrogens (tertiary/aromatic N) is 2. The summed E-state index contributed by atoms with van der Waals surface area (Å²) in [6.07, 6.45) is -2.36. The number of rotatable bonds is 2. The van der Waals surface area contributed by atoms with Crippen LogP contribution in [0.3, 0.4) is 0 Å². The maximum absolute atomic E-state index is 9.99. The molecule has 1 aliphatic rings. The van der Waals surface area contributed by atoms with Crippen molar-refractivity contribution in [3.63, 3.8) is 0 Å². The van der Waals surface area contributed by atoms with Crippen molar-refractivity contribution in [1.82, 2.24) is 9.55 Å². The van der Waals surface area contributed by atoms with Crippen molar-refractivity contribution >= 4 is 16.7 Å². The average Bonchev–Trinajstić information content (AvgIpc) is 2.94. The lowest BCUT2D eigenvalue weighted by atomic mass is 10.1. The molecule has 1 fully saturated rings. The van der Waals surface area contributed by atoms with E-state index in [1.165, 1.54) is 6.33 Å². The van der Waals surface area contributed by atoms with Crippen LogP contribution in [0.2, 0.25) is 0 Å². The van der Waals surface area contributed by atoms with Gasteiger partial charge in [0, 0.05) is 0 Å². The minimum atomic E-state index is -1.13. The van der Waals surface area contributed by atoms with Gasteiger partial charge in [0.2, 0.25) is 0 Å². The zero-order chi connectivity index (χ0) is 13.6. The number of aromatic nitrogens is 2. The number of nitrogen functional groups attached to an aromatic ring is 1. The van der Waals surface area contributed by atoms with Crippen molar-refractivity contribution in [3.05, 3.63) is 24.5 Å². The van der Waals surface area contributed by atoms with Crippen LogP contribution in [0.4, 0.5) is 5.69 Å². The molecule has 7 nitrogen and oxygen atoms in total. The Morgan fingerprint density at radius 3 is 2.79 bits per heavy atom. The molecule has 3 rings (SSSR count). The van der Waals surface area contributed by atoms with E-state index in [4.69, 9.17) is 15.6 Å². The second-order valence-electron chi connectivity index (χ2n) is 4.60. The lowest BCUT2D eigenvalue weighted by molar-refractivity contribution is -0.0508. The van der Waals surface area contributed by atoms with Crippen LogP contribution in [-0.2, 0) is 4.74 Å². The van der Waals surface area contributed by atoms with Gasteiger partial charge in [0.1, 0.15) is 23.8 Å². The van der Waals surface area contributed by atoms with Gasteiger partial charge in [-0.15, -0.1) is 0 Å². The molecule has 1 aliphatic heterocycles. The Morgan fingerprint density at radius 1 is 1.32 bits per heavy atom. The van der Waals surface area contributed by atoms with Crippen molar-refractivity contribution in [2.75, 3.05) is 12.3 Å². The third-order valence-corrected chi connectivity index (χ3v) is 3.43. The fraction of sp³-hybridized carbons (Fsp3) is 0.417. The van der Waals surface area contributed by atoms with Crippen LogP contribution >= 0.6 is 0 Å². The molecule has 0 spiro atoms. The molecule has 0 amide bonds. The predicted molar refractivity (Wildman–Crippen MR) is 67.2 cm³/mol. The normalized spacial score (nSPS) is 31.1. The lowest BCUT2D eigenvalue weighted by Crippen LogP contribution is -2.33. The van der Waals surface area contributed by atoms with Crippen LogP contribution < -0.4 is 5.73 Å². The summed E-state index contributed by atoms with van der Waals surface area (Å²) in [5, 5.41) is 28.8. The van der Waals surface area contributed by atoms with Gasteiger partial charge in [-0.3, -0.25) is 0 Å². The number of benzene rings is 1. The smallest absolute Gasteiger partial charge is 0.164 e. The molecule has 1 aromatic heterocycles. The minimum Gasteiger partial charge on any atom is -0.397 e. The van der Waals surface area contributed by atoms with Gasteiger partial charge >= 0.3 is 0 Å². The van der Waals surface area contributed by atoms with E-state index in [9.17, 15) is 10.2 Å². The van der Waals surface area contributed by atoms with Gasteiger partial charge in [-0.1, -0.05) is 6.07 Å². The van der Waals surface area contributed by atoms with E-state index in [1.54, 1.807) is 22.8 Å². The van der Waals surface area contributed by atoms with E-state index in [-0.39, 0.29) is 6.61 Å². The van der Waals surface area contributed by atoms with E-state index in [1.807, 2.05) is 0 Å². The SMILES string of the molecule is Nc1cccc2c1ncn2[C@@H]1O[C@H](CO)[C@@H](O)[C@@H]1O. The van der Waals surface area contributed by atoms with Gasteiger partial charge in [-0.2, -0.15) is 0 Å². The summed E-state index contributed by atoms with van der Waals surface area (Å²) in [5.41, 5.74) is 7.66. The van der Waals surface area contributed by atoms with Gasteiger partial charge in [0.25, 0.3) is 0 Å². The number of hydrogen-bond acceptors (Lipinski definition) is 6. The Bertz CT molecular complexity index is 600. The van der Waals surface area contributed by atoms with Crippen LogP contribution in [0.1, 0.15) is 6.23 Å². The second-order valence-corrected chi connectivity index (χ2v) is 4.60. The molecular weight excluding hydrogens is 250 g/mol. The van der Waals surface area contributed by atoms with E-state index < -0.39 is 24.5 Å². The number of imidazole rings is 1. The average molecular weight is 265 g/mol. The maximum atomic E-state index is 9.99. The van der Waals surface area contributed by atoms with Crippen LogP contribution in [0, 0.1) is 0 Å². The highest BCUT2D eigenvalue weighted by atomic mass is 16.6. The Morgan fingerprint density at radius 2 is 2.11 bits per heavy atom. The molecule has 0 unspecified atom stereocenters. The summed E-state index contributed by atoms with van der Waals surface area (Å²) in [6, 6.07) is 5.31. The summed E-state index contributed by atoms with van der Waals surface area (Å²) in [7, 11) is 0. The fourth-order valence-corrected chi connectivity index (χ4v) is 2.39. The van der Waals surface area contributed by atoms with E-state index in [0.717, 1.165) is 0 Å². The molecule has 2 aromatic rings. The number of aliphatic hydroxyl groups excluding tert-OH is 3. The van der Waals surface area contributed by atoms with E-state index in [0.29, 0.717) is 16.7 Å². The molecule has 1 saturated heterocycles. The van der Waals surface area contributed by atoms with Crippen molar-refractivity contribution in [2.24, 2.45) is 0 Å². The Kier molecular flexibility index (Phi) is 2.90. The highest BCUT2D eigenvalue weighted by Gasteiger charge is 2.43. The molecule has 1 aromatic carbocycles. The third-order valence-electron chi connectivity index (χ3n) is 3.43. The van der Waals surface area contributed by atoms with E-state index >= 15 is 0 Å². The van der Waals surface area contributed by atoms with Crippen molar-refractivity contribution in [2.45, 2.75) is 24.5 Å². The monoisotopic (exact) mass is 265 g/mol. The number of fused-ring (bicyclic) bond motifs is 1. The predicted octanol–water partition coefficient (Wildman–Crippen LogP) is -0.770. The van der Waals surface area contributed by atoms with Crippen LogP contribution in [0.15, 0.2) is 24.5 Å². The first kappa shape index (κ1) is 12.4. The van der Waals surface area contributed by atoms with Gasteiger partial charge < -0.3 is 30.4 Å². The van der Waals surface area contributed by atoms with E-state index in [2.05, 4.69) is 4.98 Å². The number of para-hydroxylation sites is 1. The molecule has 0 aliphatic carbocycles. The molecule has 0 bridgehead atoms. The van der Waals surface area contributed by atoms with Gasteiger partial charge in [-0.05, 0) is 12.1 Å². The summed E-state index contributed by atoms with van der Waals surface area (Å²) in [6.45, 7) is -0.358. The Balaban J connectivity index is 2.04. The largest absolute Gasteiger partial charge is 0.397 e. The van der Waals surface area contributed by atoms with Gasteiger partial charge in [0.05, 0.1) is 24.1 Å². The molecule has 7 heteroatoms. The first-order chi connectivity index (χ1) is 9.13. The van der Waals surface area contributed by atoms with Crippen molar-refractivity contribution in [3.8, 4) is 0 Å². The molecular formula is C12H15N3O4. The minimum absolute atomic E-state index is 0.358. The molecule has 102 valence electrons. The van der Waals surface area contributed by atoms with Crippen molar-refractivity contribution < 1.29 is 20.1 Å². The summed E-state index contributed by atoms with van der Waals surface area (Å²) in [5.74, 6) is 0. The second kappa shape index (κ2) is 4.46. The number of nitrogens with two attached hydrogens (primary N) is 1. The first-order valence-electron chi connectivity index (χ1n) is 5.97. The summed E-state index contributed by atoms with van der Waals surface area (Å²) in [4.78, 5) is 4.18. The lowest BCUT2D eigenvalue weighted by Gasteiger charge is -2.17. The number of hydrogen-bond donors (Lipinski definition) is 4. The molecule has 4 atom stereocenters. The van der Waals surface area contributed by atoms with Crippen molar-refractivity contribution in [1.29, 1.82) is 0 Å². The topological polar surface area (TPSA) is 114 Å². The third kappa shape index (κ3) is 1.79. The Hall–Kier alpha value is -1.67. The molecule has 2 heterocycles. The summed E-state index contributed by atoms with van der Waals surface area (Å²) < 4.78 is 7.07. The van der Waals surface area contributed by atoms with Gasteiger partial charge in [-0.25, -0.2) is 4.98 Å². The molecule has 0 radical (unpaired) electrons. The zero-order valence-corrected chi connectivity index (χ0v) is 10.0. The number of ether oxygens (including phenoxy) is 1. The maximum Gasteiger partial charge on any atom is 0.164 e. The van der Waals surface area contributed by atoms with Crippen LogP contribution in [-0.4, -0.2) is 49.8 Å².